The van der Waals surface area contributed by atoms with Gasteiger partial charge >= 0.3 is 0 Å². The van der Waals surface area contributed by atoms with E-state index in [0.29, 0.717) is 0 Å². The van der Waals surface area contributed by atoms with Crippen molar-refractivity contribution >= 4 is 28.6 Å². The van der Waals surface area contributed by atoms with E-state index in [1.807, 2.05) is 92.8 Å². The first-order valence-electron chi connectivity index (χ1n) is 10.4. The van der Waals surface area contributed by atoms with Gasteiger partial charge in [-0.05, 0) is 62.4 Å². The fourth-order valence-electron chi connectivity index (χ4n) is 3.54. The number of amides is 1. The topological polar surface area (TPSA) is 62.5 Å². The average molecular weight is 447 g/mol. The molecule has 3 aromatic heterocycles. The Bertz CT molecular complexity index is 1180. The quantitative estimate of drug-likeness (QED) is 0.375. The molecule has 4 aromatic rings. The number of aromatic nitrogens is 2. The van der Waals surface area contributed by atoms with Crippen LogP contribution in [0.4, 0.5) is 11.4 Å². The first kappa shape index (κ1) is 21.8. The van der Waals surface area contributed by atoms with Crippen LogP contribution in [-0.4, -0.2) is 30.0 Å². The lowest BCUT2D eigenvalue weighted by Crippen LogP contribution is -2.35. The van der Waals surface area contributed by atoms with Gasteiger partial charge in [-0.3, -0.25) is 9.78 Å². The lowest BCUT2D eigenvalue weighted by atomic mass is 10.1. The normalized spacial score (nSPS) is 11.9. The predicted octanol–water partition coefficient (Wildman–Crippen LogP) is 5.51. The van der Waals surface area contributed by atoms with Crippen LogP contribution in [0.25, 0.3) is 10.8 Å². The molecule has 0 aliphatic heterocycles. The Labute approximate surface area is 192 Å². The Morgan fingerprint density at radius 2 is 1.81 bits per heavy atom. The summed E-state index contributed by atoms with van der Waals surface area (Å²) in [5, 5.41) is 2.70. The number of hydrogen-bond donors (Lipinski definition) is 0. The van der Waals surface area contributed by atoms with E-state index in [0.717, 1.165) is 39.3 Å². The third-order valence-electron chi connectivity index (χ3n) is 5.25. The van der Waals surface area contributed by atoms with E-state index in [4.69, 9.17) is 4.42 Å². The first-order chi connectivity index (χ1) is 15.4. The van der Waals surface area contributed by atoms with E-state index in [2.05, 4.69) is 9.97 Å². The van der Waals surface area contributed by atoms with Crippen LogP contribution in [0.15, 0.2) is 70.6 Å². The maximum atomic E-state index is 13.5. The van der Waals surface area contributed by atoms with Crippen molar-refractivity contribution in [1.82, 2.24) is 9.97 Å². The highest BCUT2D eigenvalue weighted by atomic mass is 32.1. The molecule has 0 aliphatic carbocycles. The summed E-state index contributed by atoms with van der Waals surface area (Å²) in [6.45, 7) is 3.90. The van der Waals surface area contributed by atoms with E-state index in [9.17, 15) is 4.79 Å². The minimum Gasteiger partial charge on any atom is -0.459 e. The summed E-state index contributed by atoms with van der Waals surface area (Å²) >= 11 is 1.48. The van der Waals surface area contributed by atoms with Crippen molar-refractivity contribution < 1.29 is 9.21 Å². The summed E-state index contributed by atoms with van der Waals surface area (Å²) in [7, 11) is 3.99. The predicted molar refractivity (Wildman–Crippen MR) is 129 cm³/mol. The van der Waals surface area contributed by atoms with Crippen LogP contribution in [0.3, 0.4) is 0 Å². The second-order valence-corrected chi connectivity index (χ2v) is 8.69. The summed E-state index contributed by atoms with van der Waals surface area (Å²) in [5.74, 6) is 1.53. The summed E-state index contributed by atoms with van der Waals surface area (Å²) in [5.41, 5.74) is 3.47. The molecular weight excluding hydrogens is 420 g/mol. The number of rotatable bonds is 7. The van der Waals surface area contributed by atoms with E-state index >= 15 is 0 Å². The van der Waals surface area contributed by atoms with Gasteiger partial charge in [0, 0.05) is 37.0 Å². The van der Waals surface area contributed by atoms with Crippen molar-refractivity contribution in [2.75, 3.05) is 23.9 Å². The minimum atomic E-state index is -0.222. The van der Waals surface area contributed by atoms with Crippen LogP contribution in [0.5, 0.6) is 0 Å². The molecule has 32 heavy (non-hydrogen) atoms. The summed E-state index contributed by atoms with van der Waals surface area (Å²) in [4.78, 5) is 26.5. The van der Waals surface area contributed by atoms with Gasteiger partial charge in [0.1, 0.15) is 5.76 Å². The van der Waals surface area contributed by atoms with Gasteiger partial charge in [0.05, 0.1) is 23.9 Å². The number of benzene rings is 1. The van der Waals surface area contributed by atoms with Crippen molar-refractivity contribution in [2.24, 2.45) is 0 Å². The molecule has 0 radical (unpaired) electrons. The van der Waals surface area contributed by atoms with Crippen molar-refractivity contribution in [3.63, 3.8) is 0 Å². The molecule has 0 saturated carbocycles. The van der Waals surface area contributed by atoms with E-state index in [1.54, 1.807) is 11.1 Å². The molecular formula is C25H26N4O2S. The molecule has 0 saturated heterocycles. The number of furan rings is 1. The van der Waals surface area contributed by atoms with Gasteiger partial charge in [-0.2, -0.15) is 0 Å². The number of nitrogens with zero attached hydrogens (tertiary/aromatic N) is 4. The third kappa shape index (κ3) is 4.73. The summed E-state index contributed by atoms with van der Waals surface area (Å²) in [6, 6.07) is 17.3. The Kier molecular flexibility index (Phi) is 6.37. The number of carbonyl (C=O) groups is 1. The number of thiazole rings is 1. The van der Waals surface area contributed by atoms with Gasteiger partial charge in [0.2, 0.25) is 5.91 Å². The minimum absolute atomic E-state index is 0.0340. The number of carbonyl (C=O) groups excluding carboxylic acids is 1. The largest absolute Gasteiger partial charge is 0.459 e. The molecule has 0 aliphatic rings. The van der Waals surface area contributed by atoms with Crippen molar-refractivity contribution in [3.8, 4) is 10.8 Å². The highest BCUT2D eigenvalue weighted by molar-refractivity contribution is 7.13. The Morgan fingerprint density at radius 1 is 1.06 bits per heavy atom. The van der Waals surface area contributed by atoms with E-state index in [-0.39, 0.29) is 18.4 Å². The number of hydrogen-bond acceptors (Lipinski definition) is 6. The SMILES string of the molecule is Cc1ccc(-c2nc(CC(=O)N(c3ccc(N(C)C)cc3)[C@@H](C)c3ccccn3)cs2)o1. The van der Waals surface area contributed by atoms with Crippen LogP contribution in [0.1, 0.15) is 30.1 Å². The zero-order valence-electron chi connectivity index (χ0n) is 18.6. The molecule has 1 amide bonds. The second-order valence-electron chi connectivity index (χ2n) is 7.84. The molecule has 0 N–H and O–H groups in total. The standard InChI is InChI=1S/C25H26N4O2S/c1-17-8-13-23(31-17)25-27-19(16-32-25)15-24(30)29(18(2)22-7-5-6-14-26-22)21-11-9-20(10-12-21)28(3)4/h5-14,16,18H,15H2,1-4H3/t18-/m0/s1. The van der Waals surface area contributed by atoms with Gasteiger partial charge in [-0.25, -0.2) is 4.98 Å². The molecule has 6 nitrogen and oxygen atoms in total. The molecule has 164 valence electrons. The molecule has 0 fully saturated rings. The lowest BCUT2D eigenvalue weighted by Gasteiger charge is -2.29. The number of pyridine rings is 1. The van der Waals surface area contributed by atoms with Crippen LogP contribution in [0.2, 0.25) is 0 Å². The molecule has 1 aromatic carbocycles. The summed E-state index contributed by atoms with van der Waals surface area (Å²) < 4.78 is 5.67. The fraction of sp³-hybridized carbons (Fsp3) is 0.240. The zero-order valence-corrected chi connectivity index (χ0v) is 19.5. The summed E-state index contributed by atoms with van der Waals surface area (Å²) in [6.07, 6.45) is 1.95. The van der Waals surface area contributed by atoms with Crippen LogP contribution in [-0.2, 0) is 11.2 Å². The van der Waals surface area contributed by atoms with Crippen LogP contribution >= 0.6 is 11.3 Å². The highest BCUT2D eigenvalue weighted by Gasteiger charge is 2.25. The molecule has 0 bridgehead atoms. The smallest absolute Gasteiger partial charge is 0.233 e. The zero-order chi connectivity index (χ0) is 22.7. The Morgan fingerprint density at radius 3 is 2.44 bits per heavy atom. The van der Waals surface area contributed by atoms with Crippen molar-refractivity contribution in [3.05, 3.63) is 83.3 Å². The van der Waals surface area contributed by atoms with Gasteiger partial charge < -0.3 is 14.2 Å². The fourth-order valence-corrected chi connectivity index (χ4v) is 4.32. The Balaban J connectivity index is 1.62. The van der Waals surface area contributed by atoms with Gasteiger partial charge in [0.15, 0.2) is 10.8 Å². The monoisotopic (exact) mass is 446 g/mol. The van der Waals surface area contributed by atoms with Gasteiger partial charge in [-0.1, -0.05) is 6.07 Å². The molecule has 1 atom stereocenters. The maximum Gasteiger partial charge on any atom is 0.233 e. The Hall–Kier alpha value is -3.45. The molecule has 0 spiro atoms. The maximum absolute atomic E-state index is 13.5. The number of anilines is 2. The second kappa shape index (κ2) is 9.36. The highest BCUT2D eigenvalue weighted by Crippen LogP contribution is 2.30. The third-order valence-corrected chi connectivity index (χ3v) is 6.16. The van der Waals surface area contributed by atoms with Crippen molar-refractivity contribution in [2.45, 2.75) is 26.3 Å². The first-order valence-corrected chi connectivity index (χ1v) is 11.3. The van der Waals surface area contributed by atoms with Crippen LogP contribution in [0, 0.1) is 6.92 Å². The molecule has 7 heteroatoms. The van der Waals surface area contributed by atoms with E-state index in [1.165, 1.54) is 11.3 Å². The van der Waals surface area contributed by atoms with E-state index < -0.39 is 0 Å². The van der Waals surface area contributed by atoms with Crippen molar-refractivity contribution in [1.29, 1.82) is 0 Å². The lowest BCUT2D eigenvalue weighted by molar-refractivity contribution is -0.118. The van der Waals surface area contributed by atoms with Crippen LogP contribution < -0.4 is 9.80 Å². The molecule has 0 unspecified atom stereocenters. The number of aryl methyl sites for hydroxylation is 1. The van der Waals surface area contributed by atoms with Gasteiger partial charge in [0.25, 0.3) is 0 Å². The molecule has 4 rings (SSSR count). The van der Waals surface area contributed by atoms with Gasteiger partial charge in [-0.15, -0.1) is 11.3 Å². The average Bonchev–Trinajstić information content (AvgIpc) is 3.43. The molecule has 3 heterocycles.